The molecule has 3 heteroatoms. The summed E-state index contributed by atoms with van der Waals surface area (Å²) < 4.78 is 5.67. The van der Waals surface area contributed by atoms with Gasteiger partial charge in [0.2, 0.25) is 5.91 Å². The van der Waals surface area contributed by atoms with Crippen LogP contribution in [0.15, 0.2) is 24.3 Å². The molecule has 1 aromatic rings. The summed E-state index contributed by atoms with van der Waals surface area (Å²) in [4.78, 5) is 10.7. The van der Waals surface area contributed by atoms with E-state index < -0.39 is 0 Å². The lowest BCUT2D eigenvalue weighted by Crippen LogP contribution is -2.23. The molecule has 15 heavy (non-hydrogen) atoms. The molecular formula is C12H17NO2. The van der Waals surface area contributed by atoms with E-state index in [4.69, 9.17) is 10.5 Å². The van der Waals surface area contributed by atoms with E-state index in [0.717, 1.165) is 11.3 Å². The number of carbonyl (C=O) groups excluding carboxylic acids is 1. The molecule has 0 atom stereocenters. The summed E-state index contributed by atoms with van der Waals surface area (Å²) in [6.45, 7) is 5.94. The number of primary amides is 1. The third kappa shape index (κ3) is 4.49. The van der Waals surface area contributed by atoms with Crippen LogP contribution >= 0.6 is 0 Å². The predicted molar refractivity (Wildman–Crippen MR) is 59.7 cm³/mol. The van der Waals surface area contributed by atoms with Crippen LogP contribution in [0.5, 0.6) is 5.75 Å². The number of nitrogens with two attached hydrogens (primary N) is 1. The maximum Gasteiger partial charge on any atom is 0.221 e. The van der Waals surface area contributed by atoms with Crippen molar-refractivity contribution in [2.24, 2.45) is 5.73 Å². The summed E-state index contributed by atoms with van der Waals surface area (Å²) in [5.41, 5.74) is 5.77. The highest BCUT2D eigenvalue weighted by Crippen LogP contribution is 2.19. The molecule has 1 aromatic carbocycles. The molecule has 0 fully saturated rings. The fraction of sp³-hybridized carbons (Fsp3) is 0.417. The molecule has 1 amide bonds. The second-order valence-corrected chi connectivity index (χ2v) is 4.50. The van der Waals surface area contributed by atoms with E-state index in [1.54, 1.807) is 0 Å². The van der Waals surface area contributed by atoms with Crippen molar-refractivity contribution < 1.29 is 9.53 Å². The second kappa shape index (κ2) is 4.34. The first-order valence-corrected chi connectivity index (χ1v) is 4.93. The van der Waals surface area contributed by atoms with E-state index in [2.05, 4.69) is 0 Å². The molecule has 3 nitrogen and oxygen atoms in total. The normalized spacial score (nSPS) is 11.1. The zero-order valence-electron chi connectivity index (χ0n) is 9.41. The van der Waals surface area contributed by atoms with E-state index in [9.17, 15) is 4.79 Å². The fourth-order valence-corrected chi connectivity index (χ4v) is 1.27. The molecule has 0 spiro atoms. The average Bonchev–Trinajstić information content (AvgIpc) is 1.99. The van der Waals surface area contributed by atoms with E-state index in [1.807, 2.05) is 45.0 Å². The van der Waals surface area contributed by atoms with Crippen LogP contribution < -0.4 is 10.5 Å². The maximum absolute atomic E-state index is 10.7. The van der Waals surface area contributed by atoms with Crippen molar-refractivity contribution in [3.63, 3.8) is 0 Å². The van der Waals surface area contributed by atoms with Gasteiger partial charge in [-0.25, -0.2) is 0 Å². The third-order valence-corrected chi connectivity index (χ3v) is 1.70. The van der Waals surface area contributed by atoms with E-state index in [-0.39, 0.29) is 17.9 Å². The van der Waals surface area contributed by atoms with Gasteiger partial charge in [-0.1, -0.05) is 12.1 Å². The zero-order valence-corrected chi connectivity index (χ0v) is 9.41. The van der Waals surface area contributed by atoms with Crippen molar-refractivity contribution in [2.45, 2.75) is 32.8 Å². The molecule has 0 saturated carbocycles. The standard InChI is InChI=1S/C12H17NO2/c1-12(2,3)15-10-6-4-5-9(7-10)8-11(13)14/h4-7H,8H2,1-3H3,(H2,13,14). The number of hydrogen-bond donors (Lipinski definition) is 1. The molecule has 0 radical (unpaired) electrons. The lowest BCUT2D eigenvalue weighted by molar-refractivity contribution is -0.117. The summed E-state index contributed by atoms with van der Waals surface area (Å²) in [6.07, 6.45) is 0.251. The van der Waals surface area contributed by atoms with Crippen LogP contribution in [0.25, 0.3) is 0 Å². The van der Waals surface area contributed by atoms with Gasteiger partial charge in [0.15, 0.2) is 0 Å². The first-order chi connectivity index (χ1) is 6.87. The van der Waals surface area contributed by atoms with Crippen LogP contribution in [0.2, 0.25) is 0 Å². The van der Waals surface area contributed by atoms with Gasteiger partial charge >= 0.3 is 0 Å². The van der Waals surface area contributed by atoms with Gasteiger partial charge in [-0.15, -0.1) is 0 Å². The van der Waals surface area contributed by atoms with Crippen LogP contribution in [-0.4, -0.2) is 11.5 Å². The highest BCUT2D eigenvalue weighted by molar-refractivity contribution is 5.76. The maximum atomic E-state index is 10.7. The molecule has 0 aliphatic heterocycles. The molecule has 0 bridgehead atoms. The quantitative estimate of drug-likeness (QED) is 0.822. The Kier molecular flexibility index (Phi) is 3.35. The monoisotopic (exact) mass is 207 g/mol. The molecule has 0 aliphatic carbocycles. The zero-order chi connectivity index (χ0) is 11.5. The van der Waals surface area contributed by atoms with Gasteiger partial charge in [0, 0.05) is 0 Å². The minimum atomic E-state index is -0.331. The van der Waals surface area contributed by atoms with Crippen LogP contribution in [0.3, 0.4) is 0 Å². The van der Waals surface area contributed by atoms with Gasteiger partial charge in [-0.05, 0) is 38.5 Å². The Morgan fingerprint density at radius 2 is 2.07 bits per heavy atom. The summed E-state index contributed by atoms with van der Waals surface area (Å²) in [5, 5.41) is 0. The molecule has 1 rings (SSSR count). The molecule has 0 heterocycles. The fourth-order valence-electron chi connectivity index (χ4n) is 1.27. The Morgan fingerprint density at radius 1 is 1.40 bits per heavy atom. The van der Waals surface area contributed by atoms with Gasteiger partial charge in [-0.2, -0.15) is 0 Å². The first-order valence-electron chi connectivity index (χ1n) is 4.93. The number of benzene rings is 1. The first kappa shape index (κ1) is 11.6. The molecule has 0 unspecified atom stereocenters. The van der Waals surface area contributed by atoms with Crippen molar-refractivity contribution in [1.82, 2.24) is 0 Å². The number of hydrogen-bond acceptors (Lipinski definition) is 2. The molecular weight excluding hydrogens is 190 g/mol. The van der Waals surface area contributed by atoms with Gasteiger partial charge < -0.3 is 10.5 Å². The number of carbonyl (C=O) groups is 1. The average molecular weight is 207 g/mol. The summed E-state index contributed by atoms with van der Waals surface area (Å²) >= 11 is 0. The Labute approximate surface area is 90.2 Å². The number of rotatable bonds is 3. The van der Waals surface area contributed by atoms with E-state index in [1.165, 1.54) is 0 Å². The molecule has 82 valence electrons. The van der Waals surface area contributed by atoms with Crippen LogP contribution in [0.4, 0.5) is 0 Å². The van der Waals surface area contributed by atoms with Gasteiger partial charge in [0.25, 0.3) is 0 Å². The van der Waals surface area contributed by atoms with Crippen molar-refractivity contribution in [3.05, 3.63) is 29.8 Å². The topological polar surface area (TPSA) is 52.3 Å². The van der Waals surface area contributed by atoms with Gasteiger partial charge in [-0.3, -0.25) is 4.79 Å². The highest BCUT2D eigenvalue weighted by atomic mass is 16.5. The number of amides is 1. The van der Waals surface area contributed by atoms with Crippen molar-refractivity contribution in [3.8, 4) is 5.75 Å². The largest absolute Gasteiger partial charge is 0.488 e. The SMILES string of the molecule is CC(C)(C)Oc1cccc(CC(N)=O)c1. The molecule has 2 N–H and O–H groups in total. The van der Waals surface area contributed by atoms with Gasteiger partial charge in [0.1, 0.15) is 11.4 Å². The molecule has 0 aromatic heterocycles. The summed E-state index contributed by atoms with van der Waals surface area (Å²) in [7, 11) is 0. The minimum Gasteiger partial charge on any atom is -0.488 e. The number of ether oxygens (including phenoxy) is 1. The van der Waals surface area contributed by atoms with E-state index in [0.29, 0.717) is 0 Å². The van der Waals surface area contributed by atoms with Crippen LogP contribution in [0, 0.1) is 0 Å². The van der Waals surface area contributed by atoms with Crippen LogP contribution in [0.1, 0.15) is 26.3 Å². The second-order valence-electron chi connectivity index (χ2n) is 4.50. The third-order valence-electron chi connectivity index (χ3n) is 1.70. The lowest BCUT2D eigenvalue weighted by atomic mass is 10.1. The summed E-state index contributed by atoms with van der Waals surface area (Å²) in [6, 6.07) is 7.44. The smallest absolute Gasteiger partial charge is 0.221 e. The summed E-state index contributed by atoms with van der Waals surface area (Å²) in [5.74, 6) is 0.434. The predicted octanol–water partition coefficient (Wildman–Crippen LogP) is 1.89. The van der Waals surface area contributed by atoms with Crippen molar-refractivity contribution in [2.75, 3.05) is 0 Å². The Bertz CT molecular complexity index is 353. The highest BCUT2D eigenvalue weighted by Gasteiger charge is 2.11. The molecule has 0 aliphatic rings. The van der Waals surface area contributed by atoms with Crippen LogP contribution in [-0.2, 0) is 11.2 Å². The lowest BCUT2D eigenvalue weighted by Gasteiger charge is -2.21. The molecule has 0 saturated heterocycles. The van der Waals surface area contributed by atoms with Crippen molar-refractivity contribution >= 4 is 5.91 Å². The minimum absolute atomic E-state index is 0.231. The Hall–Kier alpha value is -1.51. The Balaban J connectivity index is 2.79. The van der Waals surface area contributed by atoms with Gasteiger partial charge in [0.05, 0.1) is 6.42 Å². The van der Waals surface area contributed by atoms with Crippen molar-refractivity contribution in [1.29, 1.82) is 0 Å². The Morgan fingerprint density at radius 3 is 2.60 bits per heavy atom. The van der Waals surface area contributed by atoms with E-state index >= 15 is 0 Å².